The largest absolute Gasteiger partial charge is 0.497 e. The molecule has 1 aliphatic heterocycles. The number of hydrogen-bond acceptors (Lipinski definition) is 3. The number of benzene rings is 1. The van der Waals surface area contributed by atoms with E-state index in [0.29, 0.717) is 12.3 Å². The van der Waals surface area contributed by atoms with Gasteiger partial charge >= 0.3 is 6.03 Å². The molecule has 1 atom stereocenters. The lowest BCUT2D eigenvalue weighted by Crippen LogP contribution is -2.29. The van der Waals surface area contributed by atoms with E-state index in [4.69, 9.17) is 10.1 Å². The molecule has 0 saturated carbocycles. The van der Waals surface area contributed by atoms with Crippen molar-refractivity contribution in [2.75, 3.05) is 13.7 Å². The summed E-state index contributed by atoms with van der Waals surface area (Å²) in [6.07, 6.45) is 1.64. The van der Waals surface area contributed by atoms with Gasteiger partial charge in [-0.3, -0.25) is 10.7 Å². The molecule has 0 spiro atoms. The van der Waals surface area contributed by atoms with E-state index in [-0.39, 0.29) is 11.9 Å². The number of nitrogens with zero attached hydrogens (tertiary/aromatic N) is 1. The van der Waals surface area contributed by atoms with Crippen molar-refractivity contribution in [1.29, 1.82) is 5.41 Å². The molecule has 0 bridgehead atoms. The number of methoxy groups -OCH3 is 1. The molecule has 1 unspecified atom stereocenters. The molecule has 0 aromatic heterocycles. The smallest absolute Gasteiger partial charge is 0.323 e. The van der Waals surface area contributed by atoms with Gasteiger partial charge in [0.15, 0.2) is 0 Å². The number of amides is 2. The Bertz CT molecular complexity index is 499. The summed E-state index contributed by atoms with van der Waals surface area (Å²) in [5.41, 5.74) is 0.847. The third kappa shape index (κ3) is 2.07. The zero-order valence-electron chi connectivity index (χ0n) is 10.1. The average Bonchev–Trinajstić information content (AvgIpc) is 2.65. The molecule has 18 heavy (non-hydrogen) atoms. The first-order valence-electron chi connectivity index (χ1n) is 5.58. The normalized spacial score (nSPS) is 18.7. The Balaban J connectivity index is 2.36. The predicted molar refractivity (Wildman–Crippen MR) is 68.9 cm³/mol. The standard InChI is InChI=1S/C13H15N3O2/c1-3-7-16-11(12(14)15-13(16)17)9-5-4-6-10(8-9)18-2/h3-6,8,11H,1,7H2,2H3,(H2,14,15,17). The first kappa shape index (κ1) is 12.2. The monoisotopic (exact) mass is 245 g/mol. The number of urea groups is 1. The number of amidine groups is 1. The van der Waals surface area contributed by atoms with E-state index in [1.165, 1.54) is 0 Å². The van der Waals surface area contributed by atoms with E-state index >= 15 is 0 Å². The van der Waals surface area contributed by atoms with Crippen molar-refractivity contribution >= 4 is 11.9 Å². The van der Waals surface area contributed by atoms with Crippen LogP contribution in [0.2, 0.25) is 0 Å². The van der Waals surface area contributed by atoms with Crippen LogP contribution in [0, 0.1) is 5.41 Å². The second-order valence-corrected chi connectivity index (χ2v) is 3.96. The number of nitrogens with one attached hydrogen (secondary N) is 2. The summed E-state index contributed by atoms with van der Waals surface area (Å²) >= 11 is 0. The van der Waals surface area contributed by atoms with Gasteiger partial charge in [-0.05, 0) is 17.7 Å². The maximum absolute atomic E-state index is 11.7. The van der Waals surface area contributed by atoms with Crippen molar-refractivity contribution in [2.24, 2.45) is 0 Å². The predicted octanol–water partition coefficient (Wildman–Crippen LogP) is 1.92. The Morgan fingerprint density at radius 3 is 3.06 bits per heavy atom. The van der Waals surface area contributed by atoms with Crippen LogP contribution < -0.4 is 10.1 Å². The van der Waals surface area contributed by atoms with E-state index in [2.05, 4.69) is 11.9 Å². The number of rotatable bonds is 4. The molecule has 1 saturated heterocycles. The van der Waals surface area contributed by atoms with E-state index < -0.39 is 6.04 Å². The topological polar surface area (TPSA) is 65.4 Å². The molecule has 1 aromatic rings. The molecule has 0 radical (unpaired) electrons. The fraction of sp³-hybridized carbons (Fsp3) is 0.231. The maximum atomic E-state index is 11.7. The highest BCUT2D eigenvalue weighted by Crippen LogP contribution is 2.28. The average molecular weight is 245 g/mol. The first-order valence-corrected chi connectivity index (χ1v) is 5.58. The fourth-order valence-electron chi connectivity index (χ4n) is 2.01. The molecule has 2 amide bonds. The summed E-state index contributed by atoms with van der Waals surface area (Å²) in [6, 6.07) is 6.71. The summed E-state index contributed by atoms with van der Waals surface area (Å²) in [6.45, 7) is 4.03. The molecule has 94 valence electrons. The number of carbonyl (C=O) groups excluding carboxylic acids is 1. The molecule has 5 heteroatoms. The minimum absolute atomic E-state index is 0.176. The van der Waals surface area contributed by atoms with Crippen LogP contribution in [0.3, 0.4) is 0 Å². The zero-order valence-corrected chi connectivity index (χ0v) is 10.1. The van der Waals surface area contributed by atoms with Gasteiger partial charge in [0.05, 0.1) is 7.11 Å². The molecule has 5 nitrogen and oxygen atoms in total. The van der Waals surface area contributed by atoms with E-state index in [1.54, 1.807) is 18.1 Å². The van der Waals surface area contributed by atoms with Gasteiger partial charge in [-0.2, -0.15) is 0 Å². The van der Waals surface area contributed by atoms with Gasteiger partial charge in [0, 0.05) is 6.54 Å². The molecule has 1 aliphatic rings. The van der Waals surface area contributed by atoms with Crippen LogP contribution in [0.1, 0.15) is 11.6 Å². The summed E-state index contributed by atoms with van der Waals surface area (Å²) in [4.78, 5) is 13.3. The van der Waals surface area contributed by atoms with E-state index in [0.717, 1.165) is 5.56 Å². The zero-order chi connectivity index (χ0) is 13.1. The first-order chi connectivity index (χ1) is 8.67. The van der Waals surface area contributed by atoms with Crippen molar-refractivity contribution in [3.63, 3.8) is 0 Å². The van der Waals surface area contributed by atoms with Gasteiger partial charge < -0.3 is 9.64 Å². The summed E-state index contributed by atoms with van der Waals surface area (Å²) in [5.74, 6) is 0.883. The van der Waals surface area contributed by atoms with Crippen LogP contribution >= 0.6 is 0 Å². The highest BCUT2D eigenvalue weighted by Gasteiger charge is 2.35. The SMILES string of the molecule is C=CCN1C(=O)NC(=N)C1c1cccc(OC)c1. The van der Waals surface area contributed by atoms with Crippen LogP contribution in [0.5, 0.6) is 5.75 Å². The second kappa shape index (κ2) is 4.91. The third-order valence-corrected chi connectivity index (χ3v) is 2.82. The quantitative estimate of drug-likeness (QED) is 0.796. The second-order valence-electron chi connectivity index (χ2n) is 3.96. The highest BCUT2D eigenvalue weighted by molar-refractivity contribution is 6.06. The van der Waals surface area contributed by atoms with E-state index in [9.17, 15) is 4.79 Å². The van der Waals surface area contributed by atoms with Crippen molar-refractivity contribution in [2.45, 2.75) is 6.04 Å². The Morgan fingerprint density at radius 2 is 2.39 bits per heavy atom. The number of ether oxygens (including phenoxy) is 1. The van der Waals surface area contributed by atoms with Gasteiger partial charge in [-0.1, -0.05) is 18.2 Å². The maximum Gasteiger partial charge on any atom is 0.323 e. The molecule has 1 fully saturated rings. The molecular weight excluding hydrogens is 230 g/mol. The van der Waals surface area contributed by atoms with Crippen LogP contribution in [0.15, 0.2) is 36.9 Å². The van der Waals surface area contributed by atoms with Crippen molar-refractivity contribution < 1.29 is 9.53 Å². The minimum atomic E-state index is -0.398. The van der Waals surface area contributed by atoms with Crippen molar-refractivity contribution in [3.05, 3.63) is 42.5 Å². The van der Waals surface area contributed by atoms with Gasteiger partial charge in [0.2, 0.25) is 0 Å². The molecule has 2 N–H and O–H groups in total. The minimum Gasteiger partial charge on any atom is -0.497 e. The highest BCUT2D eigenvalue weighted by atomic mass is 16.5. The molecule has 2 rings (SSSR count). The lowest BCUT2D eigenvalue weighted by molar-refractivity contribution is 0.211. The van der Waals surface area contributed by atoms with Crippen LogP contribution in [-0.4, -0.2) is 30.4 Å². The Labute approximate surface area is 106 Å². The summed E-state index contributed by atoms with van der Waals surface area (Å²) in [5, 5.41) is 10.4. The fourth-order valence-corrected chi connectivity index (χ4v) is 2.01. The van der Waals surface area contributed by atoms with E-state index in [1.807, 2.05) is 24.3 Å². The Morgan fingerprint density at radius 1 is 1.61 bits per heavy atom. The molecule has 1 aromatic carbocycles. The summed E-state index contributed by atoms with van der Waals surface area (Å²) in [7, 11) is 1.59. The Kier molecular flexibility index (Phi) is 3.32. The van der Waals surface area contributed by atoms with Gasteiger partial charge in [0.25, 0.3) is 0 Å². The molecule has 1 heterocycles. The van der Waals surface area contributed by atoms with Gasteiger partial charge in [-0.25, -0.2) is 4.79 Å². The number of carbonyl (C=O) groups is 1. The van der Waals surface area contributed by atoms with Crippen molar-refractivity contribution in [3.8, 4) is 5.75 Å². The van der Waals surface area contributed by atoms with Crippen LogP contribution in [-0.2, 0) is 0 Å². The lowest BCUT2D eigenvalue weighted by Gasteiger charge is -2.21. The Hall–Kier alpha value is -2.30. The van der Waals surface area contributed by atoms with Crippen molar-refractivity contribution in [1.82, 2.24) is 10.2 Å². The third-order valence-electron chi connectivity index (χ3n) is 2.82. The van der Waals surface area contributed by atoms with Gasteiger partial charge in [0.1, 0.15) is 17.6 Å². The molecule has 0 aliphatic carbocycles. The van der Waals surface area contributed by atoms with Crippen LogP contribution in [0.25, 0.3) is 0 Å². The van der Waals surface area contributed by atoms with Gasteiger partial charge in [-0.15, -0.1) is 6.58 Å². The molecular formula is C13H15N3O2. The summed E-state index contributed by atoms with van der Waals surface area (Å²) < 4.78 is 5.16. The number of hydrogen-bond donors (Lipinski definition) is 2. The lowest BCUT2D eigenvalue weighted by atomic mass is 10.1. The van der Waals surface area contributed by atoms with Crippen LogP contribution in [0.4, 0.5) is 4.79 Å².